The van der Waals surface area contributed by atoms with Gasteiger partial charge in [-0.3, -0.25) is 0 Å². The van der Waals surface area contributed by atoms with Crippen LogP contribution >= 0.6 is 11.8 Å². The van der Waals surface area contributed by atoms with Crippen LogP contribution in [-0.4, -0.2) is 28.0 Å². The number of ether oxygens (including phenoxy) is 1. The molecule has 3 rings (SSSR count). The molecule has 0 spiro atoms. The maximum Gasteiger partial charge on any atom is 0.137 e. The Morgan fingerprint density at radius 1 is 1.33 bits per heavy atom. The summed E-state index contributed by atoms with van der Waals surface area (Å²) in [5.41, 5.74) is 2.22. The van der Waals surface area contributed by atoms with Crippen molar-refractivity contribution < 1.29 is 4.74 Å². The van der Waals surface area contributed by atoms with Crippen molar-refractivity contribution in [1.82, 2.24) is 9.38 Å². The Kier molecular flexibility index (Phi) is 3.46. The monoisotopic (exact) mass is 262 g/mol. The summed E-state index contributed by atoms with van der Waals surface area (Å²) >= 11 is 2.08. The molecule has 0 N–H and O–H groups in total. The number of methoxy groups -OCH3 is 1. The first kappa shape index (κ1) is 11.9. The number of thioether (sulfide) groups is 1. The van der Waals surface area contributed by atoms with Crippen molar-refractivity contribution in [2.45, 2.75) is 19.3 Å². The van der Waals surface area contributed by atoms with Crippen LogP contribution in [0.4, 0.5) is 0 Å². The van der Waals surface area contributed by atoms with Crippen molar-refractivity contribution in [3.05, 3.63) is 30.2 Å². The highest BCUT2D eigenvalue weighted by Gasteiger charge is 2.15. The first-order valence-electron chi connectivity index (χ1n) is 6.44. The van der Waals surface area contributed by atoms with Crippen molar-refractivity contribution in [3.63, 3.8) is 0 Å². The van der Waals surface area contributed by atoms with Gasteiger partial charge in [0.2, 0.25) is 0 Å². The Balaban J connectivity index is 1.79. The van der Waals surface area contributed by atoms with Gasteiger partial charge in [0.05, 0.1) is 19.0 Å². The summed E-state index contributed by atoms with van der Waals surface area (Å²) in [4.78, 5) is 4.68. The number of hydrogen-bond acceptors (Lipinski definition) is 3. The standard InChI is InChI=1S/C14H18N2OS/c1-17-13-2-3-14-15-12(9-16(14)10-13)8-11-4-6-18-7-5-11/h2-3,9-11H,4-8H2,1H3. The van der Waals surface area contributed by atoms with E-state index in [1.165, 1.54) is 30.0 Å². The first-order chi connectivity index (χ1) is 8.85. The minimum absolute atomic E-state index is 0.818. The Bertz CT molecular complexity index is 532. The van der Waals surface area contributed by atoms with Gasteiger partial charge in [0.25, 0.3) is 0 Å². The van der Waals surface area contributed by atoms with E-state index < -0.39 is 0 Å². The highest BCUT2D eigenvalue weighted by molar-refractivity contribution is 7.99. The number of pyridine rings is 1. The number of rotatable bonds is 3. The van der Waals surface area contributed by atoms with E-state index in [1.807, 2.05) is 18.3 Å². The van der Waals surface area contributed by atoms with Crippen molar-refractivity contribution in [1.29, 1.82) is 0 Å². The van der Waals surface area contributed by atoms with Crippen LogP contribution in [0.15, 0.2) is 24.5 Å². The second-order valence-corrected chi connectivity index (χ2v) is 6.05. The molecule has 0 aromatic carbocycles. The van der Waals surface area contributed by atoms with Gasteiger partial charge in [0, 0.05) is 6.20 Å². The number of fused-ring (bicyclic) bond motifs is 1. The molecule has 2 aromatic rings. The van der Waals surface area contributed by atoms with Crippen LogP contribution in [0, 0.1) is 5.92 Å². The lowest BCUT2D eigenvalue weighted by Crippen LogP contribution is -2.12. The minimum atomic E-state index is 0.818. The second-order valence-electron chi connectivity index (χ2n) is 4.83. The van der Waals surface area contributed by atoms with E-state index in [0.29, 0.717) is 0 Å². The lowest BCUT2D eigenvalue weighted by atomic mass is 9.97. The van der Waals surface area contributed by atoms with Crippen molar-refractivity contribution in [2.75, 3.05) is 18.6 Å². The predicted octanol–water partition coefficient (Wildman–Crippen LogP) is 3.03. The molecule has 3 heterocycles. The molecule has 3 nitrogen and oxygen atoms in total. The first-order valence-corrected chi connectivity index (χ1v) is 7.60. The molecule has 1 aliphatic heterocycles. The molecule has 0 bridgehead atoms. The Hall–Kier alpha value is -1.16. The van der Waals surface area contributed by atoms with Gasteiger partial charge in [-0.2, -0.15) is 11.8 Å². The molecular formula is C14H18N2OS. The fourth-order valence-corrected chi connectivity index (χ4v) is 3.69. The topological polar surface area (TPSA) is 26.5 Å². The van der Waals surface area contributed by atoms with Gasteiger partial charge in [0.15, 0.2) is 0 Å². The van der Waals surface area contributed by atoms with Gasteiger partial charge in [-0.15, -0.1) is 0 Å². The average molecular weight is 262 g/mol. The SMILES string of the molecule is COc1ccc2nc(CC3CCSCC3)cn2c1. The van der Waals surface area contributed by atoms with E-state index in [4.69, 9.17) is 4.74 Å². The maximum absolute atomic E-state index is 5.23. The van der Waals surface area contributed by atoms with Gasteiger partial charge in [0.1, 0.15) is 11.4 Å². The molecule has 0 saturated carbocycles. The zero-order valence-corrected chi connectivity index (χ0v) is 11.4. The van der Waals surface area contributed by atoms with E-state index in [9.17, 15) is 0 Å². The Labute approximate surface area is 112 Å². The van der Waals surface area contributed by atoms with Gasteiger partial charge in [-0.25, -0.2) is 4.98 Å². The zero-order valence-electron chi connectivity index (χ0n) is 10.6. The molecule has 0 atom stereocenters. The molecule has 0 unspecified atom stereocenters. The summed E-state index contributed by atoms with van der Waals surface area (Å²) in [7, 11) is 1.69. The predicted molar refractivity (Wildman–Crippen MR) is 75.5 cm³/mol. The summed E-state index contributed by atoms with van der Waals surface area (Å²) in [6.07, 6.45) is 7.91. The fourth-order valence-electron chi connectivity index (χ4n) is 2.49. The van der Waals surface area contributed by atoms with Gasteiger partial charge >= 0.3 is 0 Å². The van der Waals surface area contributed by atoms with Crippen LogP contribution in [0.2, 0.25) is 0 Å². The van der Waals surface area contributed by atoms with Gasteiger partial charge < -0.3 is 9.14 Å². The molecule has 1 saturated heterocycles. The molecule has 1 fully saturated rings. The Morgan fingerprint density at radius 3 is 2.94 bits per heavy atom. The van der Waals surface area contributed by atoms with E-state index in [1.54, 1.807) is 7.11 Å². The molecule has 1 aliphatic rings. The van der Waals surface area contributed by atoms with Crippen LogP contribution in [-0.2, 0) is 6.42 Å². The third kappa shape index (κ3) is 2.48. The normalized spacial score (nSPS) is 17.2. The van der Waals surface area contributed by atoms with Crippen molar-refractivity contribution >= 4 is 17.4 Å². The molecule has 18 heavy (non-hydrogen) atoms. The second kappa shape index (κ2) is 5.22. The van der Waals surface area contributed by atoms with Gasteiger partial charge in [-0.1, -0.05) is 0 Å². The molecule has 0 amide bonds. The summed E-state index contributed by atoms with van der Waals surface area (Å²) < 4.78 is 7.29. The summed E-state index contributed by atoms with van der Waals surface area (Å²) in [6.45, 7) is 0. The van der Waals surface area contributed by atoms with E-state index in [0.717, 1.165) is 23.7 Å². The third-order valence-corrected chi connectivity index (χ3v) is 4.60. The van der Waals surface area contributed by atoms with Crippen molar-refractivity contribution in [3.8, 4) is 5.75 Å². The lowest BCUT2D eigenvalue weighted by Gasteiger charge is -2.19. The summed E-state index contributed by atoms with van der Waals surface area (Å²) in [6, 6.07) is 3.97. The van der Waals surface area contributed by atoms with Crippen LogP contribution in [0.1, 0.15) is 18.5 Å². The maximum atomic E-state index is 5.23. The van der Waals surface area contributed by atoms with Crippen LogP contribution in [0.3, 0.4) is 0 Å². The lowest BCUT2D eigenvalue weighted by molar-refractivity contribution is 0.412. The average Bonchev–Trinajstić information content (AvgIpc) is 2.80. The van der Waals surface area contributed by atoms with Crippen LogP contribution in [0.25, 0.3) is 5.65 Å². The molecule has 0 aliphatic carbocycles. The molecular weight excluding hydrogens is 244 g/mol. The molecule has 0 radical (unpaired) electrons. The van der Waals surface area contributed by atoms with Crippen LogP contribution in [0.5, 0.6) is 5.75 Å². The van der Waals surface area contributed by atoms with E-state index in [-0.39, 0.29) is 0 Å². The smallest absolute Gasteiger partial charge is 0.137 e. The molecule has 96 valence electrons. The minimum Gasteiger partial charge on any atom is -0.495 e. The molecule has 2 aromatic heterocycles. The van der Waals surface area contributed by atoms with Crippen molar-refractivity contribution in [2.24, 2.45) is 5.92 Å². The summed E-state index contributed by atoms with van der Waals surface area (Å²) in [5, 5.41) is 0. The largest absolute Gasteiger partial charge is 0.495 e. The number of imidazole rings is 1. The quantitative estimate of drug-likeness (QED) is 0.850. The summed E-state index contributed by atoms with van der Waals surface area (Å²) in [5.74, 6) is 4.32. The number of aromatic nitrogens is 2. The van der Waals surface area contributed by atoms with E-state index >= 15 is 0 Å². The number of nitrogens with zero attached hydrogens (tertiary/aromatic N) is 2. The Morgan fingerprint density at radius 2 is 2.17 bits per heavy atom. The molecule has 4 heteroatoms. The highest BCUT2D eigenvalue weighted by atomic mass is 32.2. The van der Waals surface area contributed by atoms with E-state index in [2.05, 4.69) is 27.3 Å². The van der Waals surface area contributed by atoms with Gasteiger partial charge in [-0.05, 0) is 48.8 Å². The third-order valence-electron chi connectivity index (χ3n) is 3.55. The number of hydrogen-bond donors (Lipinski definition) is 0. The zero-order chi connectivity index (χ0) is 12.4. The fraction of sp³-hybridized carbons (Fsp3) is 0.500. The van der Waals surface area contributed by atoms with Crippen LogP contribution < -0.4 is 4.74 Å². The highest BCUT2D eigenvalue weighted by Crippen LogP contribution is 2.26.